The summed E-state index contributed by atoms with van der Waals surface area (Å²) < 4.78 is 11.1. The van der Waals surface area contributed by atoms with E-state index < -0.39 is 24.4 Å². The van der Waals surface area contributed by atoms with Crippen LogP contribution in [0, 0.1) is 0 Å². The van der Waals surface area contributed by atoms with Crippen molar-refractivity contribution >= 4 is 62.3 Å². The number of aromatic nitrogens is 1. The van der Waals surface area contributed by atoms with Crippen LogP contribution < -0.4 is 10.6 Å². The Kier molecular flexibility index (Phi) is 7.25. The van der Waals surface area contributed by atoms with Crippen molar-refractivity contribution in [2.24, 2.45) is 0 Å². The number of anilines is 1. The summed E-state index contributed by atoms with van der Waals surface area (Å²) in [5.74, 6) is -1.62. The van der Waals surface area contributed by atoms with Crippen molar-refractivity contribution in [1.82, 2.24) is 10.3 Å². The molecule has 2 aromatic carbocycles. The number of hydrogen-bond donors (Lipinski definition) is 2. The van der Waals surface area contributed by atoms with Crippen molar-refractivity contribution in [3.8, 4) is 0 Å². The lowest BCUT2D eigenvalue weighted by molar-refractivity contribution is -0.146. The molecule has 3 aromatic rings. The monoisotopic (exact) mass is 477 g/mol. The molecule has 1 aromatic heterocycles. The van der Waals surface area contributed by atoms with Crippen LogP contribution in [0.5, 0.6) is 0 Å². The Labute approximate surface area is 178 Å². The topological polar surface area (TPSA) is 111 Å². The highest BCUT2D eigenvalue weighted by molar-refractivity contribution is 9.10. The summed E-state index contributed by atoms with van der Waals surface area (Å²) in [7, 11) is 0. The number of fused-ring (bicyclic) bond motifs is 1. The predicted octanol–water partition coefficient (Wildman–Crippen LogP) is 2.98. The Balaban J connectivity index is 1.34. The number of carbonyl (C=O) groups excluding carboxylic acids is 3. The number of carbonyl (C=O) groups is 3. The van der Waals surface area contributed by atoms with Gasteiger partial charge in [0, 0.05) is 4.47 Å². The number of oxazole rings is 1. The first-order valence-corrected chi connectivity index (χ1v) is 10.2. The van der Waals surface area contributed by atoms with Gasteiger partial charge in [0.05, 0.1) is 12.2 Å². The van der Waals surface area contributed by atoms with E-state index in [4.69, 9.17) is 9.15 Å². The fourth-order valence-electron chi connectivity index (χ4n) is 2.21. The molecular weight excluding hydrogens is 462 g/mol. The van der Waals surface area contributed by atoms with E-state index in [0.717, 1.165) is 16.2 Å². The van der Waals surface area contributed by atoms with E-state index in [0.29, 0.717) is 22.0 Å². The van der Waals surface area contributed by atoms with Crippen LogP contribution in [-0.2, 0) is 19.1 Å². The summed E-state index contributed by atoms with van der Waals surface area (Å²) in [6, 6.07) is 14.3. The molecule has 150 valence electrons. The largest absolute Gasteiger partial charge is 0.455 e. The van der Waals surface area contributed by atoms with Crippen molar-refractivity contribution in [2.45, 2.75) is 5.22 Å². The van der Waals surface area contributed by atoms with Crippen LogP contribution in [0.2, 0.25) is 0 Å². The van der Waals surface area contributed by atoms with Crippen LogP contribution in [0.1, 0.15) is 0 Å². The Morgan fingerprint density at radius 2 is 1.83 bits per heavy atom. The van der Waals surface area contributed by atoms with E-state index in [9.17, 15) is 14.4 Å². The molecule has 0 aliphatic heterocycles. The second kappa shape index (κ2) is 10.1. The molecule has 0 aliphatic carbocycles. The second-order valence-electron chi connectivity index (χ2n) is 5.70. The van der Waals surface area contributed by atoms with Gasteiger partial charge in [-0.25, -0.2) is 4.98 Å². The molecule has 0 unspecified atom stereocenters. The number of halogens is 1. The van der Waals surface area contributed by atoms with Crippen LogP contribution in [0.25, 0.3) is 11.1 Å². The Morgan fingerprint density at radius 1 is 1.07 bits per heavy atom. The molecule has 0 atom stereocenters. The maximum Gasteiger partial charge on any atom is 0.316 e. The molecule has 29 heavy (non-hydrogen) atoms. The summed E-state index contributed by atoms with van der Waals surface area (Å²) in [6.45, 7) is -0.718. The van der Waals surface area contributed by atoms with E-state index in [1.807, 2.05) is 18.2 Å². The number of nitrogens with one attached hydrogen (secondary N) is 2. The van der Waals surface area contributed by atoms with Crippen molar-refractivity contribution in [3.63, 3.8) is 0 Å². The zero-order chi connectivity index (χ0) is 20.6. The number of nitrogens with zero attached hydrogens (tertiary/aromatic N) is 1. The summed E-state index contributed by atoms with van der Waals surface area (Å²) in [4.78, 5) is 39.6. The molecule has 0 radical (unpaired) electrons. The lowest BCUT2D eigenvalue weighted by atomic mass is 10.3. The molecular formula is C19H16BrN3O5S. The number of esters is 1. The Morgan fingerprint density at radius 3 is 2.62 bits per heavy atom. The van der Waals surface area contributed by atoms with Gasteiger partial charge in [0.2, 0.25) is 5.91 Å². The first-order valence-electron chi connectivity index (χ1n) is 8.46. The minimum Gasteiger partial charge on any atom is -0.455 e. The van der Waals surface area contributed by atoms with Gasteiger partial charge < -0.3 is 19.8 Å². The summed E-state index contributed by atoms with van der Waals surface area (Å²) in [5, 5.41) is 5.38. The molecule has 0 fully saturated rings. The number of thioether (sulfide) groups is 1. The van der Waals surface area contributed by atoms with Crippen LogP contribution in [0.15, 0.2) is 62.6 Å². The summed E-state index contributed by atoms with van der Waals surface area (Å²) in [6.07, 6.45) is 0. The molecule has 0 bridgehead atoms. The minimum atomic E-state index is -0.593. The Bertz CT molecular complexity index is 1010. The fourth-order valence-corrected chi connectivity index (χ4v) is 3.23. The molecule has 8 nitrogen and oxygen atoms in total. The smallest absolute Gasteiger partial charge is 0.316 e. The number of hydrogen-bond acceptors (Lipinski definition) is 7. The Hall–Kier alpha value is -2.85. The molecule has 2 amide bonds. The third-order valence-corrected chi connectivity index (χ3v) is 5.04. The fraction of sp³-hybridized carbons (Fsp3) is 0.158. The van der Waals surface area contributed by atoms with Crippen LogP contribution >= 0.6 is 27.7 Å². The van der Waals surface area contributed by atoms with Crippen molar-refractivity contribution in [2.75, 3.05) is 24.2 Å². The average Bonchev–Trinajstić information content (AvgIpc) is 3.14. The average molecular weight is 478 g/mol. The highest BCUT2D eigenvalue weighted by atomic mass is 79.9. The molecule has 0 spiro atoms. The minimum absolute atomic E-state index is 0.0530. The van der Waals surface area contributed by atoms with Gasteiger partial charge >= 0.3 is 5.97 Å². The number of benzene rings is 2. The molecule has 2 N–H and O–H groups in total. The number of amides is 2. The molecule has 0 saturated carbocycles. The predicted molar refractivity (Wildman–Crippen MR) is 111 cm³/mol. The van der Waals surface area contributed by atoms with Gasteiger partial charge in [-0.2, -0.15) is 0 Å². The number of rotatable bonds is 8. The lowest BCUT2D eigenvalue weighted by Gasteiger charge is -2.08. The maximum absolute atomic E-state index is 11.9. The maximum atomic E-state index is 11.9. The standard InChI is InChI=1S/C19H16BrN3O5S/c20-12-5-1-2-6-13(12)22-16(24)9-21-17(25)10-27-18(26)11-29-19-23-14-7-3-4-8-15(14)28-19/h1-8H,9-11H2,(H,21,25)(H,22,24). The van der Waals surface area contributed by atoms with Gasteiger partial charge in [0.1, 0.15) is 11.3 Å². The van der Waals surface area contributed by atoms with Crippen LogP contribution in [0.3, 0.4) is 0 Å². The SMILES string of the molecule is O=C(COC(=O)CSc1nc2ccccc2o1)NCC(=O)Nc1ccccc1Br. The zero-order valence-corrected chi connectivity index (χ0v) is 17.4. The first-order chi connectivity index (χ1) is 14.0. The van der Waals surface area contributed by atoms with Crippen molar-refractivity contribution < 1.29 is 23.5 Å². The van der Waals surface area contributed by atoms with Gasteiger partial charge in [-0.05, 0) is 40.2 Å². The van der Waals surface area contributed by atoms with E-state index >= 15 is 0 Å². The normalized spacial score (nSPS) is 10.5. The molecule has 10 heteroatoms. The third kappa shape index (κ3) is 6.33. The molecule has 1 heterocycles. The van der Waals surface area contributed by atoms with E-state index in [2.05, 4.69) is 31.5 Å². The van der Waals surface area contributed by atoms with Gasteiger partial charge in [0.15, 0.2) is 12.2 Å². The second-order valence-corrected chi connectivity index (χ2v) is 7.48. The van der Waals surface area contributed by atoms with Gasteiger partial charge in [-0.15, -0.1) is 0 Å². The highest BCUT2D eigenvalue weighted by Crippen LogP contribution is 2.23. The highest BCUT2D eigenvalue weighted by Gasteiger charge is 2.13. The van der Waals surface area contributed by atoms with E-state index in [1.165, 1.54) is 0 Å². The zero-order valence-electron chi connectivity index (χ0n) is 15.0. The van der Waals surface area contributed by atoms with Gasteiger partial charge in [-0.3, -0.25) is 14.4 Å². The lowest BCUT2D eigenvalue weighted by Crippen LogP contribution is -2.35. The van der Waals surface area contributed by atoms with Crippen LogP contribution in [-0.4, -0.2) is 41.7 Å². The third-order valence-electron chi connectivity index (χ3n) is 3.55. The van der Waals surface area contributed by atoms with Crippen LogP contribution in [0.4, 0.5) is 5.69 Å². The van der Waals surface area contributed by atoms with Crippen molar-refractivity contribution in [1.29, 1.82) is 0 Å². The molecule has 0 aliphatic rings. The van der Waals surface area contributed by atoms with Gasteiger partial charge in [0.25, 0.3) is 11.1 Å². The molecule has 3 rings (SSSR count). The summed E-state index contributed by atoms with van der Waals surface area (Å²) in [5.41, 5.74) is 1.92. The van der Waals surface area contributed by atoms with Crippen molar-refractivity contribution in [3.05, 3.63) is 53.0 Å². The quantitative estimate of drug-likeness (QED) is 0.378. The summed E-state index contributed by atoms with van der Waals surface area (Å²) >= 11 is 4.39. The van der Waals surface area contributed by atoms with Gasteiger partial charge in [-0.1, -0.05) is 36.0 Å². The number of ether oxygens (including phenoxy) is 1. The molecule has 0 saturated heterocycles. The first kappa shape index (κ1) is 20.9. The van der Waals surface area contributed by atoms with E-state index in [-0.39, 0.29) is 12.3 Å². The van der Waals surface area contributed by atoms with E-state index in [1.54, 1.807) is 30.3 Å². The number of para-hydroxylation sites is 3.